The zero-order chi connectivity index (χ0) is 11.4. The first kappa shape index (κ1) is 10.6. The van der Waals surface area contributed by atoms with Crippen molar-refractivity contribution in [1.29, 1.82) is 5.26 Å². The van der Waals surface area contributed by atoms with Crippen molar-refractivity contribution in [2.75, 3.05) is 13.6 Å². The molecule has 0 saturated carbocycles. The second-order valence-electron chi connectivity index (χ2n) is 3.82. The maximum Gasteiger partial charge on any atom is 0.0866 e. The van der Waals surface area contributed by atoms with Crippen molar-refractivity contribution in [2.24, 2.45) is 0 Å². The Balaban J connectivity index is 2.34. The molecule has 0 bridgehead atoms. The van der Waals surface area contributed by atoms with Crippen molar-refractivity contribution in [1.82, 2.24) is 9.88 Å². The molecule has 80 valence electrons. The van der Waals surface area contributed by atoms with Crippen molar-refractivity contribution in [3.63, 3.8) is 0 Å². The number of hydrogen-bond donors (Lipinski definition) is 0. The highest BCUT2D eigenvalue weighted by molar-refractivity contribution is 5.81. The fraction of sp³-hybridized carbons (Fsp3) is 0.231. The third-order valence-electron chi connectivity index (χ3n) is 2.52. The van der Waals surface area contributed by atoms with E-state index in [1.165, 1.54) is 5.56 Å². The molecule has 3 nitrogen and oxygen atoms in total. The lowest BCUT2D eigenvalue weighted by molar-refractivity contribution is 0.369. The summed E-state index contributed by atoms with van der Waals surface area (Å²) >= 11 is 0. The predicted molar refractivity (Wildman–Crippen MR) is 63.7 cm³/mol. The minimum absolute atomic E-state index is 0.441. The number of hydrogen-bond acceptors (Lipinski definition) is 3. The molecular formula is C13H13N3. The molecule has 0 saturated heterocycles. The number of benzene rings is 1. The van der Waals surface area contributed by atoms with Gasteiger partial charge in [-0.15, -0.1) is 0 Å². The van der Waals surface area contributed by atoms with Gasteiger partial charge in [-0.25, -0.2) is 0 Å². The Hall–Kier alpha value is -1.92. The fourth-order valence-electron chi connectivity index (χ4n) is 1.76. The Bertz CT molecular complexity index is 523. The van der Waals surface area contributed by atoms with Gasteiger partial charge >= 0.3 is 0 Å². The van der Waals surface area contributed by atoms with Crippen LogP contribution in [0.5, 0.6) is 0 Å². The van der Waals surface area contributed by atoms with E-state index in [4.69, 9.17) is 5.26 Å². The van der Waals surface area contributed by atoms with E-state index in [-0.39, 0.29) is 0 Å². The highest BCUT2D eigenvalue weighted by Gasteiger charge is 2.04. The molecule has 0 N–H and O–H groups in total. The van der Waals surface area contributed by atoms with Gasteiger partial charge in [0.15, 0.2) is 0 Å². The number of aromatic nitrogens is 1. The second kappa shape index (κ2) is 4.73. The standard InChI is InChI=1S/C13H13N3/c1-16(9-7-14)10-11-6-8-15-13-5-3-2-4-12(11)13/h2-6,8H,9-10H2,1H3. The molecule has 0 aliphatic carbocycles. The summed E-state index contributed by atoms with van der Waals surface area (Å²) in [5.74, 6) is 0. The van der Waals surface area contributed by atoms with E-state index >= 15 is 0 Å². The Kier molecular flexibility index (Phi) is 3.13. The summed E-state index contributed by atoms with van der Waals surface area (Å²) in [6.07, 6.45) is 1.82. The summed E-state index contributed by atoms with van der Waals surface area (Å²) in [4.78, 5) is 6.30. The van der Waals surface area contributed by atoms with E-state index in [9.17, 15) is 0 Å². The van der Waals surface area contributed by atoms with E-state index in [1.807, 2.05) is 42.4 Å². The first-order chi connectivity index (χ1) is 7.81. The first-order valence-corrected chi connectivity index (χ1v) is 5.19. The minimum Gasteiger partial charge on any atom is -0.289 e. The normalized spacial score (nSPS) is 10.6. The number of para-hydroxylation sites is 1. The Morgan fingerprint density at radius 2 is 2.12 bits per heavy atom. The van der Waals surface area contributed by atoms with Gasteiger partial charge in [0.25, 0.3) is 0 Å². The van der Waals surface area contributed by atoms with Gasteiger partial charge in [-0.3, -0.25) is 9.88 Å². The summed E-state index contributed by atoms with van der Waals surface area (Å²) in [6, 6.07) is 12.2. The molecule has 0 aliphatic heterocycles. The Morgan fingerprint density at radius 3 is 2.94 bits per heavy atom. The van der Waals surface area contributed by atoms with Crippen molar-refractivity contribution in [2.45, 2.75) is 6.54 Å². The lowest BCUT2D eigenvalue weighted by Gasteiger charge is -2.13. The van der Waals surface area contributed by atoms with E-state index < -0.39 is 0 Å². The molecule has 0 spiro atoms. The molecule has 1 aromatic carbocycles. The fourth-order valence-corrected chi connectivity index (χ4v) is 1.76. The molecule has 16 heavy (non-hydrogen) atoms. The van der Waals surface area contributed by atoms with Gasteiger partial charge in [-0.05, 0) is 24.7 Å². The third kappa shape index (κ3) is 2.18. The number of nitrogens with zero attached hydrogens (tertiary/aromatic N) is 3. The zero-order valence-corrected chi connectivity index (χ0v) is 9.22. The molecule has 1 heterocycles. The van der Waals surface area contributed by atoms with Crippen molar-refractivity contribution in [3.05, 3.63) is 42.1 Å². The van der Waals surface area contributed by atoms with E-state index in [1.54, 1.807) is 0 Å². The number of nitriles is 1. The van der Waals surface area contributed by atoms with Gasteiger partial charge in [0.1, 0.15) is 0 Å². The van der Waals surface area contributed by atoms with Gasteiger partial charge in [-0.1, -0.05) is 18.2 Å². The van der Waals surface area contributed by atoms with Crippen molar-refractivity contribution in [3.8, 4) is 6.07 Å². The van der Waals surface area contributed by atoms with Crippen LogP contribution < -0.4 is 0 Å². The molecule has 0 aliphatic rings. The summed E-state index contributed by atoms with van der Waals surface area (Å²) < 4.78 is 0. The maximum absolute atomic E-state index is 8.62. The SMILES string of the molecule is CN(CC#N)Cc1ccnc2ccccc12. The van der Waals surface area contributed by atoms with Gasteiger partial charge in [0.05, 0.1) is 18.1 Å². The van der Waals surface area contributed by atoms with Crippen LogP contribution in [0.15, 0.2) is 36.5 Å². The van der Waals surface area contributed by atoms with Gasteiger partial charge in [-0.2, -0.15) is 5.26 Å². The highest BCUT2D eigenvalue weighted by Crippen LogP contribution is 2.17. The van der Waals surface area contributed by atoms with Crippen LogP contribution in [0.25, 0.3) is 10.9 Å². The number of fused-ring (bicyclic) bond motifs is 1. The molecule has 1 aromatic heterocycles. The molecule has 2 aromatic rings. The van der Waals surface area contributed by atoms with E-state index in [2.05, 4.69) is 17.1 Å². The summed E-state index contributed by atoms with van der Waals surface area (Å²) in [5.41, 5.74) is 2.22. The molecule has 0 unspecified atom stereocenters. The highest BCUT2D eigenvalue weighted by atomic mass is 15.1. The maximum atomic E-state index is 8.62. The molecule has 3 heteroatoms. The van der Waals surface area contributed by atoms with Crippen molar-refractivity contribution < 1.29 is 0 Å². The van der Waals surface area contributed by atoms with Crippen molar-refractivity contribution >= 4 is 10.9 Å². The average Bonchev–Trinajstić information content (AvgIpc) is 2.30. The lowest BCUT2D eigenvalue weighted by atomic mass is 10.1. The number of rotatable bonds is 3. The van der Waals surface area contributed by atoms with Gasteiger partial charge in [0, 0.05) is 18.1 Å². The van der Waals surface area contributed by atoms with Crippen LogP contribution in [-0.2, 0) is 6.54 Å². The average molecular weight is 211 g/mol. The molecule has 0 radical (unpaired) electrons. The monoisotopic (exact) mass is 211 g/mol. The smallest absolute Gasteiger partial charge is 0.0866 e. The molecule has 0 fully saturated rings. The Morgan fingerprint density at radius 1 is 1.31 bits per heavy atom. The molecular weight excluding hydrogens is 198 g/mol. The first-order valence-electron chi connectivity index (χ1n) is 5.19. The van der Waals surface area contributed by atoms with Gasteiger partial charge in [0.2, 0.25) is 0 Å². The largest absolute Gasteiger partial charge is 0.289 e. The van der Waals surface area contributed by atoms with Crippen LogP contribution in [0.4, 0.5) is 0 Å². The van der Waals surface area contributed by atoms with E-state index in [0.29, 0.717) is 6.54 Å². The molecule has 0 atom stereocenters. The predicted octanol–water partition coefficient (Wildman–Crippen LogP) is 2.19. The summed E-state index contributed by atoms with van der Waals surface area (Å²) in [6.45, 7) is 1.22. The lowest BCUT2D eigenvalue weighted by Crippen LogP contribution is -2.17. The van der Waals surface area contributed by atoms with Crippen LogP contribution in [-0.4, -0.2) is 23.5 Å². The molecule has 0 amide bonds. The van der Waals surface area contributed by atoms with Crippen LogP contribution in [0, 0.1) is 11.3 Å². The number of pyridine rings is 1. The van der Waals surface area contributed by atoms with Crippen LogP contribution in [0.1, 0.15) is 5.56 Å². The zero-order valence-electron chi connectivity index (χ0n) is 9.22. The molecule has 2 rings (SSSR count). The third-order valence-corrected chi connectivity index (χ3v) is 2.52. The van der Waals surface area contributed by atoms with E-state index in [0.717, 1.165) is 17.4 Å². The topological polar surface area (TPSA) is 39.9 Å². The quantitative estimate of drug-likeness (QED) is 0.731. The minimum atomic E-state index is 0.441. The van der Waals surface area contributed by atoms with Crippen LogP contribution in [0.3, 0.4) is 0 Å². The second-order valence-corrected chi connectivity index (χ2v) is 3.82. The van der Waals surface area contributed by atoms with Crippen LogP contribution in [0.2, 0.25) is 0 Å². The Labute approximate surface area is 94.9 Å². The van der Waals surface area contributed by atoms with Gasteiger partial charge < -0.3 is 0 Å². The summed E-state index contributed by atoms with van der Waals surface area (Å²) in [5, 5.41) is 9.79. The summed E-state index contributed by atoms with van der Waals surface area (Å²) in [7, 11) is 1.94. The van der Waals surface area contributed by atoms with Crippen LogP contribution >= 0.6 is 0 Å².